The summed E-state index contributed by atoms with van der Waals surface area (Å²) in [6.45, 7) is 9.22. The van der Waals surface area contributed by atoms with Crippen LogP contribution < -0.4 is 0 Å². The molecule has 0 spiro atoms. The highest BCUT2D eigenvalue weighted by Gasteiger charge is 2.49. The number of imide groups is 1. The monoisotopic (exact) mass is 241 g/mol. The average molecular weight is 241 g/mol. The summed E-state index contributed by atoms with van der Waals surface area (Å²) in [5.74, 6) is 0.0671. The van der Waals surface area contributed by atoms with Crippen LogP contribution in [0, 0.1) is 11.3 Å². The number of rotatable bonds is 4. The van der Waals surface area contributed by atoms with Crippen molar-refractivity contribution in [3.05, 3.63) is 0 Å². The lowest BCUT2D eigenvalue weighted by atomic mass is 9.80. The Labute approximate surface area is 103 Å². The quantitative estimate of drug-likeness (QED) is 0.760. The van der Waals surface area contributed by atoms with Gasteiger partial charge in [0.1, 0.15) is 0 Å². The third-order valence-corrected chi connectivity index (χ3v) is 3.01. The van der Waals surface area contributed by atoms with E-state index >= 15 is 0 Å². The Kier molecular flexibility index (Phi) is 3.67. The Balaban J connectivity index is 2.85. The third kappa shape index (κ3) is 3.28. The van der Waals surface area contributed by atoms with Crippen molar-refractivity contribution < 1.29 is 14.7 Å². The van der Waals surface area contributed by atoms with Gasteiger partial charge >= 0.3 is 0 Å². The highest BCUT2D eigenvalue weighted by Crippen LogP contribution is 2.38. The van der Waals surface area contributed by atoms with Crippen molar-refractivity contribution >= 4 is 11.8 Å². The molecule has 1 heterocycles. The van der Waals surface area contributed by atoms with Crippen LogP contribution in [-0.4, -0.2) is 34.0 Å². The molecule has 0 radical (unpaired) electrons. The summed E-state index contributed by atoms with van der Waals surface area (Å²) in [7, 11) is 0. The predicted molar refractivity (Wildman–Crippen MR) is 65.2 cm³/mol. The molecule has 1 saturated heterocycles. The smallest absolute Gasteiger partial charge is 0.235 e. The van der Waals surface area contributed by atoms with Crippen LogP contribution in [0.25, 0.3) is 0 Å². The van der Waals surface area contributed by atoms with Gasteiger partial charge in [0, 0.05) is 6.42 Å². The maximum Gasteiger partial charge on any atom is 0.235 e. The molecule has 2 amide bonds. The molecule has 1 aliphatic heterocycles. The first kappa shape index (κ1) is 14.2. The van der Waals surface area contributed by atoms with E-state index in [4.69, 9.17) is 0 Å². The number of carbonyl (C=O) groups is 2. The van der Waals surface area contributed by atoms with Crippen LogP contribution in [0.3, 0.4) is 0 Å². The molecule has 0 aliphatic carbocycles. The topological polar surface area (TPSA) is 57.6 Å². The van der Waals surface area contributed by atoms with E-state index in [1.165, 1.54) is 4.90 Å². The predicted octanol–water partition coefficient (Wildman–Crippen LogP) is 1.57. The first-order valence-corrected chi connectivity index (χ1v) is 6.12. The van der Waals surface area contributed by atoms with Gasteiger partial charge in [-0.25, -0.2) is 0 Å². The molecule has 98 valence electrons. The zero-order chi connectivity index (χ0) is 13.4. The Bertz CT molecular complexity index is 330. The summed E-state index contributed by atoms with van der Waals surface area (Å²) in [5, 5.41) is 9.72. The lowest BCUT2D eigenvalue weighted by Crippen LogP contribution is -2.43. The first-order chi connectivity index (χ1) is 7.55. The number of carbonyl (C=O) groups excluding carboxylic acids is 2. The molecule has 0 aromatic carbocycles. The van der Waals surface area contributed by atoms with Crippen LogP contribution in [0.1, 0.15) is 47.5 Å². The maximum absolute atomic E-state index is 12.2. The third-order valence-electron chi connectivity index (χ3n) is 3.01. The largest absolute Gasteiger partial charge is 0.389 e. The minimum absolute atomic E-state index is 0.0817. The zero-order valence-corrected chi connectivity index (χ0v) is 11.4. The van der Waals surface area contributed by atoms with Crippen LogP contribution in [0.5, 0.6) is 0 Å². The fourth-order valence-corrected chi connectivity index (χ4v) is 2.55. The zero-order valence-electron chi connectivity index (χ0n) is 11.4. The van der Waals surface area contributed by atoms with Gasteiger partial charge in [-0.05, 0) is 26.2 Å². The van der Waals surface area contributed by atoms with Gasteiger partial charge in [0.2, 0.25) is 11.8 Å². The molecule has 0 bridgehead atoms. The number of likely N-dealkylation sites (tertiary alicyclic amines) is 1. The SMILES string of the molecule is CC(C)CC1(C)CC(=O)N(CC(C)(C)O)C1=O. The van der Waals surface area contributed by atoms with Gasteiger partial charge in [0.15, 0.2) is 0 Å². The minimum atomic E-state index is -1.03. The molecule has 0 aromatic heterocycles. The van der Waals surface area contributed by atoms with Crippen LogP contribution in [-0.2, 0) is 9.59 Å². The minimum Gasteiger partial charge on any atom is -0.389 e. The van der Waals surface area contributed by atoms with Gasteiger partial charge in [0.25, 0.3) is 0 Å². The normalized spacial score (nSPS) is 26.2. The number of aliphatic hydroxyl groups is 1. The summed E-state index contributed by atoms with van der Waals surface area (Å²) in [5.41, 5.74) is -1.62. The summed E-state index contributed by atoms with van der Waals surface area (Å²) >= 11 is 0. The van der Waals surface area contributed by atoms with E-state index in [-0.39, 0.29) is 24.8 Å². The van der Waals surface area contributed by atoms with Crippen molar-refractivity contribution in [3.8, 4) is 0 Å². The molecule has 1 fully saturated rings. The maximum atomic E-state index is 12.2. The second-order valence-electron chi connectivity index (χ2n) is 6.43. The molecule has 17 heavy (non-hydrogen) atoms. The number of β-amino-alcohol motifs (C(OH)–C–C–N with tert-alkyl or cyclic N) is 1. The van der Waals surface area contributed by atoms with Crippen molar-refractivity contribution in [2.24, 2.45) is 11.3 Å². The first-order valence-electron chi connectivity index (χ1n) is 6.12. The number of hydrogen-bond acceptors (Lipinski definition) is 3. The van der Waals surface area contributed by atoms with Crippen LogP contribution in [0.15, 0.2) is 0 Å². The van der Waals surface area contributed by atoms with Gasteiger partial charge < -0.3 is 5.11 Å². The summed E-state index contributed by atoms with van der Waals surface area (Å²) in [4.78, 5) is 25.3. The number of hydrogen-bond donors (Lipinski definition) is 1. The lowest BCUT2D eigenvalue weighted by Gasteiger charge is -2.27. The molecule has 1 atom stereocenters. The molecule has 1 unspecified atom stereocenters. The van der Waals surface area contributed by atoms with E-state index in [1.54, 1.807) is 13.8 Å². The van der Waals surface area contributed by atoms with E-state index in [1.807, 2.05) is 20.8 Å². The molecule has 4 heteroatoms. The highest BCUT2D eigenvalue weighted by atomic mass is 16.3. The molecule has 0 saturated carbocycles. The standard InChI is InChI=1S/C13H23NO3/c1-9(2)6-13(5)7-10(15)14(11(13)16)8-12(3,4)17/h9,17H,6-8H2,1-5H3. The second-order valence-corrected chi connectivity index (χ2v) is 6.43. The molecule has 4 nitrogen and oxygen atoms in total. The Hall–Kier alpha value is -0.900. The Morgan fingerprint density at radius 1 is 1.41 bits per heavy atom. The molecule has 1 rings (SSSR count). The van der Waals surface area contributed by atoms with Crippen molar-refractivity contribution in [1.29, 1.82) is 0 Å². The van der Waals surface area contributed by atoms with Gasteiger partial charge in [-0.1, -0.05) is 20.8 Å². The highest BCUT2D eigenvalue weighted by molar-refractivity contribution is 6.05. The van der Waals surface area contributed by atoms with Crippen LogP contribution >= 0.6 is 0 Å². The van der Waals surface area contributed by atoms with E-state index in [2.05, 4.69) is 0 Å². The average Bonchev–Trinajstić information content (AvgIpc) is 2.26. The van der Waals surface area contributed by atoms with Crippen molar-refractivity contribution in [2.45, 2.75) is 53.1 Å². The van der Waals surface area contributed by atoms with E-state index in [9.17, 15) is 14.7 Å². The van der Waals surface area contributed by atoms with E-state index in [0.717, 1.165) is 0 Å². The fraction of sp³-hybridized carbons (Fsp3) is 0.846. The Morgan fingerprint density at radius 2 is 1.94 bits per heavy atom. The van der Waals surface area contributed by atoms with Gasteiger partial charge in [0.05, 0.1) is 17.6 Å². The van der Waals surface area contributed by atoms with Crippen LogP contribution in [0.4, 0.5) is 0 Å². The van der Waals surface area contributed by atoms with Gasteiger partial charge in [-0.15, -0.1) is 0 Å². The van der Waals surface area contributed by atoms with Gasteiger partial charge in [-0.3, -0.25) is 14.5 Å². The van der Waals surface area contributed by atoms with Crippen molar-refractivity contribution in [1.82, 2.24) is 4.90 Å². The lowest BCUT2D eigenvalue weighted by molar-refractivity contribution is -0.144. The summed E-state index contributed by atoms with van der Waals surface area (Å²) < 4.78 is 0. The summed E-state index contributed by atoms with van der Waals surface area (Å²) in [6, 6.07) is 0. The number of nitrogens with zero attached hydrogens (tertiary/aromatic N) is 1. The molecule has 1 N–H and O–H groups in total. The molecule has 0 aromatic rings. The second kappa shape index (κ2) is 4.41. The van der Waals surface area contributed by atoms with E-state index in [0.29, 0.717) is 12.3 Å². The van der Waals surface area contributed by atoms with Crippen LogP contribution in [0.2, 0.25) is 0 Å². The van der Waals surface area contributed by atoms with E-state index < -0.39 is 11.0 Å². The Morgan fingerprint density at radius 3 is 2.35 bits per heavy atom. The molecule has 1 aliphatic rings. The van der Waals surface area contributed by atoms with Crippen molar-refractivity contribution in [2.75, 3.05) is 6.54 Å². The van der Waals surface area contributed by atoms with Crippen molar-refractivity contribution in [3.63, 3.8) is 0 Å². The van der Waals surface area contributed by atoms with Gasteiger partial charge in [-0.2, -0.15) is 0 Å². The molecular formula is C13H23NO3. The summed E-state index contributed by atoms with van der Waals surface area (Å²) in [6.07, 6.45) is 0.972. The number of amides is 2. The fourth-order valence-electron chi connectivity index (χ4n) is 2.55. The molecular weight excluding hydrogens is 218 g/mol.